The topological polar surface area (TPSA) is 70.1 Å². The van der Waals surface area contributed by atoms with Crippen molar-refractivity contribution < 1.29 is 9.18 Å². The van der Waals surface area contributed by atoms with Crippen LogP contribution in [-0.4, -0.2) is 22.3 Å². The molecule has 3 rings (SSSR count). The minimum absolute atomic E-state index is 0.248. The van der Waals surface area contributed by atoms with Crippen molar-refractivity contribution in [1.82, 2.24) is 15.6 Å². The summed E-state index contributed by atoms with van der Waals surface area (Å²) in [4.78, 5) is 12.0. The lowest BCUT2D eigenvalue weighted by molar-refractivity contribution is 0.0950. The quantitative estimate of drug-likeness (QED) is 0.561. The summed E-state index contributed by atoms with van der Waals surface area (Å²) < 4.78 is 12.9. The van der Waals surface area contributed by atoms with E-state index in [1.54, 1.807) is 36.4 Å². The third-order valence-corrected chi connectivity index (χ3v) is 3.43. The van der Waals surface area contributed by atoms with Gasteiger partial charge in [0.1, 0.15) is 11.5 Å². The van der Waals surface area contributed by atoms with Crippen molar-refractivity contribution in [1.29, 1.82) is 0 Å². The number of hydrazone groups is 1. The highest BCUT2D eigenvalue weighted by Gasteiger charge is 2.10. The van der Waals surface area contributed by atoms with Gasteiger partial charge < -0.3 is 0 Å². The number of benzene rings is 2. The van der Waals surface area contributed by atoms with Crippen molar-refractivity contribution in [3.63, 3.8) is 0 Å². The molecule has 7 heteroatoms. The Morgan fingerprint density at radius 2 is 2.00 bits per heavy atom. The molecule has 0 fully saturated rings. The van der Waals surface area contributed by atoms with E-state index in [1.165, 1.54) is 18.3 Å². The number of aromatic nitrogens is 2. The van der Waals surface area contributed by atoms with Gasteiger partial charge in [0.25, 0.3) is 5.91 Å². The van der Waals surface area contributed by atoms with E-state index in [0.29, 0.717) is 16.3 Å². The van der Waals surface area contributed by atoms with Crippen LogP contribution in [-0.2, 0) is 0 Å². The number of hydrogen-bond acceptors (Lipinski definition) is 3. The second-order valence-corrected chi connectivity index (χ2v) is 5.36. The van der Waals surface area contributed by atoms with Crippen molar-refractivity contribution in [2.75, 3.05) is 0 Å². The maximum Gasteiger partial charge on any atom is 0.289 e. The fourth-order valence-corrected chi connectivity index (χ4v) is 2.22. The Morgan fingerprint density at radius 1 is 1.21 bits per heavy atom. The summed E-state index contributed by atoms with van der Waals surface area (Å²) in [5.74, 6) is -0.767. The number of nitrogens with one attached hydrogen (secondary N) is 2. The van der Waals surface area contributed by atoms with Gasteiger partial charge >= 0.3 is 0 Å². The van der Waals surface area contributed by atoms with Crippen molar-refractivity contribution in [2.24, 2.45) is 5.10 Å². The first-order valence-corrected chi connectivity index (χ1v) is 7.40. The van der Waals surface area contributed by atoms with E-state index in [9.17, 15) is 9.18 Å². The van der Waals surface area contributed by atoms with Crippen molar-refractivity contribution >= 4 is 23.7 Å². The molecule has 3 aromatic rings. The van der Waals surface area contributed by atoms with Gasteiger partial charge in [-0.15, -0.1) is 0 Å². The first-order chi connectivity index (χ1) is 11.6. The minimum atomic E-state index is -0.436. The van der Waals surface area contributed by atoms with Gasteiger partial charge in [0.15, 0.2) is 0 Å². The molecule has 24 heavy (non-hydrogen) atoms. The summed E-state index contributed by atoms with van der Waals surface area (Å²) in [7, 11) is 0. The predicted molar refractivity (Wildman–Crippen MR) is 90.5 cm³/mol. The van der Waals surface area contributed by atoms with E-state index in [0.717, 1.165) is 5.56 Å². The van der Waals surface area contributed by atoms with Crippen LogP contribution in [0.5, 0.6) is 0 Å². The van der Waals surface area contributed by atoms with Crippen LogP contribution in [0.1, 0.15) is 16.1 Å². The number of aromatic amines is 1. The van der Waals surface area contributed by atoms with Gasteiger partial charge in [-0.05, 0) is 48.0 Å². The van der Waals surface area contributed by atoms with Gasteiger partial charge in [-0.3, -0.25) is 9.89 Å². The molecule has 0 saturated heterocycles. The molecule has 0 aliphatic heterocycles. The van der Waals surface area contributed by atoms with Gasteiger partial charge in [-0.25, -0.2) is 9.82 Å². The zero-order valence-corrected chi connectivity index (χ0v) is 13.1. The van der Waals surface area contributed by atoms with E-state index in [-0.39, 0.29) is 11.5 Å². The van der Waals surface area contributed by atoms with Crippen LogP contribution < -0.4 is 5.43 Å². The molecule has 1 amide bonds. The normalized spacial score (nSPS) is 10.9. The average Bonchev–Trinajstić information content (AvgIpc) is 3.05. The van der Waals surface area contributed by atoms with Crippen LogP contribution in [0.2, 0.25) is 5.02 Å². The molecular weight excluding hydrogens is 331 g/mol. The lowest BCUT2D eigenvalue weighted by Gasteiger charge is -1.96. The van der Waals surface area contributed by atoms with Gasteiger partial charge in [-0.1, -0.05) is 23.7 Å². The number of carbonyl (C=O) groups is 1. The Bertz CT molecular complexity index is 890. The average molecular weight is 343 g/mol. The fourth-order valence-electron chi connectivity index (χ4n) is 2.02. The van der Waals surface area contributed by atoms with Crippen LogP contribution in [0, 0.1) is 5.82 Å². The number of H-pyrrole nitrogens is 1. The molecule has 0 aliphatic carbocycles. The van der Waals surface area contributed by atoms with Crippen LogP contribution in [0.15, 0.2) is 59.7 Å². The van der Waals surface area contributed by atoms with E-state index < -0.39 is 5.91 Å². The van der Waals surface area contributed by atoms with E-state index in [2.05, 4.69) is 20.7 Å². The fraction of sp³-hybridized carbons (Fsp3) is 0. The largest absolute Gasteiger partial charge is 0.289 e. The molecule has 1 heterocycles. The predicted octanol–water partition coefficient (Wildman–Crippen LogP) is 3.63. The minimum Gasteiger partial charge on any atom is -0.272 e. The van der Waals surface area contributed by atoms with Crippen molar-refractivity contribution in [3.05, 3.63) is 76.7 Å². The maximum absolute atomic E-state index is 12.9. The Balaban J connectivity index is 1.66. The monoisotopic (exact) mass is 342 g/mol. The first kappa shape index (κ1) is 15.9. The number of nitrogens with zero attached hydrogens (tertiary/aromatic N) is 2. The molecule has 0 unspecified atom stereocenters. The lowest BCUT2D eigenvalue weighted by Crippen LogP contribution is -2.17. The Labute approximate surface area is 142 Å². The van der Waals surface area contributed by atoms with Crippen molar-refractivity contribution in [3.8, 4) is 11.3 Å². The number of amides is 1. The second-order valence-electron chi connectivity index (χ2n) is 4.93. The molecule has 0 saturated carbocycles. The molecule has 0 aliphatic rings. The van der Waals surface area contributed by atoms with Crippen LogP contribution >= 0.6 is 11.6 Å². The van der Waals surface area contributed by atoms with Crippen LogP contribution in [0.3, 0.4) is 0 Å². The highest BCUT2D eigenvalue weighted by molar-refractivity contribution is 6.30. The molecular formula is C17H12ClFN4O. The summed E-state index contributed by atoms with van der Waals surface area (Å²) in [6.07, 6.45) is 1.49. The Morgan fingerprint density at radius 3 is 2.75 bits per heavy atom. The summed E-state index contributed by atoms with van der Waals surface area (Å²) in [5.41, 5.74) is 4.65. The van der Waals surface area contributed by atoms with Crippen LogP contribution in [0.4, 0.5) is 4.39 Å². The zero-order chi connectivity index (χ0) is 16.9. The summed E-state index contributed by atoms with van der Waals surface area (Å²) in [6.45, 7) is 0. The van der Waals surface area contributed by atoms with E-state index >= 15 is 0 Å². The van der Waals surface area contributed by atoms with Gasteiger partial charge in [0.2, 0.25) is 0 Å². The highest BCUT2D eigenvalue weighted by atomic mass is 35.5. The number of halogens is 2. The van der Waals surface area contributed by atoms with Crippen molar-refractivity contribution in [2.45, 2.75) is 0 Å². The van der Waals surface area contributed by atoms with E-state index in [1.807, 2.05) is 6.07 Å². The molecule has 5 nitrogen and oxygen atoms in total. The van der Waals surface area contributed by atoms with Gasteiger partial charge in [-0.2, -0.15) is 10.2 Å². The molecule has 2 aromatic carbocycles. The molecule has 0 bridgehead atoms. The molecule has 0 radical (unpaired) electrons. The molecule has 2 N–H and O–H groups in total. The number of rotatable bonds is 4. The second kappa shape index (κ2) is 7.06. The number of hydrogen-bond donors (Lipinski definition) is 2. The smallest absolute Gasteiger partial charge is 0.272 e. The van der Waals surface area contributed by atoms with Crippen LogP contribution in [0.25, 0.3) is 11.3 Å². The lowest BCUT2D eigenvalue weighted by atomic mass is 10.1. The molecule has 0 spiro atoms. The molecule has 1 aromatic heterocycles. The zero-order valence-electron chi connectivity index (χ0n) is 12.3. The SMILES string of the molecule is O=C(NN=Cc1cccc(Cl)c1)c1cc(-c2ccc(F)cc2)n[nH]1. The molecule has 0 atom stereocenters. The maximum atomic E-state index is 12.9. The van der Waals surface area contributed by atoms with E-state index in [4.69, 9.17) is 11.6 Å². The highest BCUT2D eigenvalue weighted by Crippen LogP contribution is 2.17. The third kappa shape index (κ3) is 3.85. The number of carbonyl (C=O) groups excluding carboxylic acids is 1. The van der Waals surface area contributed by atoms with Gasteiger partial charge in [0.05, 0.1) is 11.9 Å². The van der Waals surface area contributed by atoms with Gasteiger partial charge in [0, 0.05) is 10.6 Å². The Hall–Kier alpha value is -2.99. The molecule has 120 valence electrons. The third-order valence-electron chi connectivity index (χ3n) is 3.19. The summed E-state index contributed by atoms with van der Waals surface area (Å²) in [5, 5.41) is 11.1. The summed E-state index contributed by atoms with van der Waals surface area (Å²) >= 11 is 5.87. The first-order valence-electron chi connectivity index (χ1n) is 7.02. The summed E-state index contributed by atoms with van der Waals surface area (Å²) in [6, 6.07) is 14.5. The standard InChI is InChI=1S/C17H12ClFN4O/c18-13-3-1-2-11(8-13)10-20-23-17(24)16-9-15(21-22-16)12-4-6-14(19)7-5-12/h1-10H,(H,21,22)(H,23,24). The Kier molecular flexibility index (Phi) is 4.67.